The number of hydrogen-bond acceptors (Lipinski definition) is 2. The molecule has 0 bridgehead atoms. The predicted octanol–water partition coefficient (Wildman–Crippen LogP) is 2.89. The molecule has 3 heteroatoms. The SMILES string of the molecule is CCC1CCC(N=C2NC(C)CS2)C1C. The van der Waals surface area contributed by atoms with Crippen molar-refractivity contribution in [1.29, 1.82) is 0 Å². The molecule has 4 atom stereocenters. The van der Waals surface area contributed by atoms with Crippen molar-refractivity contribution in [1.82, 2.24) is 5.32 Å². The van der Waals surface area contributed by atoms with Crippen molar-refractivity contribution in [2.45, 2.75) is 52.1 Å². The van der Waals surface area contributed by atoms with Crippen LogP contribution in [0.5, 0.6) is 0 Å². The van der Waals surface area contributed by atoms with Crippen LogP contribution in [0.3, 0.4) is 0 Å². The topological polar surface area (TPSA) is 24.4 Å². The fraction of sp³-hybridized carbons (Fsp3) is 0.917. The molecule has 2 rings (SSSR count). The van der Waals surface area contributed by atoms with Gasteiger partial charge in [0.15, 0.2) is 5.17 Å². The first kappa shape index (κ1) is 11.3. The van der Waals surface area contributed by atoms with Gasteiger partial charge in [-0.1, -0.05) is 32.0 Å². The van der Waals surface area contributed by atoms with Gasteiger partial charge < -0.3 is 5.32 Å². The van der Waals surface area contributed by atoms with Crippen LogP contribution < -0.4 is 5.32 Å². The Kier molecular flexibility index (Phi) is 3.60. The first-order valence-electron chi connectivity index (χ1n) is 6.17. The largest absolute Gasteiger partial charge is 0.362 e. The zero-order valence-electron chi connectivity index (χ0n) is 9.99. The number of hydrogen-bond donors (Lipinski definition) is 1. The second kappa shape index (κ2) is 4.77. The van der Waals surface area contributed by atoms with Crippen LogP contribution >= 0.6 is 11.8 Å². The molecule has 0 aromatic rings. The van der Waals surface area contributed by atoms with Crippen LogP contribution in [0.4, 0.5) is 0 Å². The van der Waals surface area contributed by atoms with E-state index in [1.54, 1.807) is 0 Å². The maximum absolute atomic E-state index is 4.87. The molecule has 1 aliphatic heterocycles. The molecule has 1 aliphatic carbocycles. The number of thioether (sulfide) groups is 1. The van der Waals surface area contributed by atoms with Crippen LogP contribution in [0.15, 0.2) is 4.99 Å². The highest BCUT2D eigenvalue weighted by Gasteiger charge is 2.32. The molecule has 0 aromatic heterocycles. The van der Waals surface area contributed by atoms with Gasteiger partial charge in [0.1, 0.15) is 0 Å². The maximum atomic E-state index is 4.87. The summed E-state index contributed by atoms with van der Waals surface area (Å²) in [6, 6.07) is 1.18. The molecule has 1 heterocycles. The molecule has 86 valence electrons. The third kappa shape index (κ3) is 2.49. The fourth-order valence-corrected chi connectivity index (χ4v) is 3.69. The van der Waals surface area contributed by atoms with Crippen molar-refractivity contribution in [2.75, 3.05) is 5.75 Å². The Morgan fingerprint density at radius 1 is 1.40 bits per heavy atom. The molecular weight excluding hydrogens is 204 g/mol. The lowest BCUT2D eigenvalue weighted by Crippen LogP contribution is -2.25. The number of nitrogens with zero attached hydrogens (tertiary/aromatic N) is 1. The number of nitrogens with one attached hydrogen (secondary N) is 1. The van der Waals surface area contributed by atoms with Crippen molar-refractivity contribution in [3.8, 4) is 0 Å². The van der Waals surface area contributed by atoms with Crippen molar-refractivity contribution >= 4 is 16.9 Å². The lowest BCUT2D eigenvalue weighted by Gasteiger charge is -2.16. The minimum Gasteiger partial charge on any atom is -0.362 e. The summed E-state index contributed by atoms with van der Waals surface area (Å²) in [6.07, 6.45) is 3.98. The normalized spacial score (nSPS) is 43.5. The van der Waals surface area contributed by atoms with Crippen molar-refractivity contribution < 1.29 is 0 Å². The molecule has 0 amide bonds. The Morgan fingerprint density at radius 2 is 2.20 bits per heavy atom. The molecule has 0 radical (unpaired) electrons. The van der Waals surface area contributed by atoms with Gasteiger partial charge in [-0.25, -0.2) is 0 Å². The molecule has 2 aliphatic rings. The summed E-state index contributed by atoms with van der Waals surface area (Å²) in [5.74, 6) is 2.86. The summed E-state index contributed by atoms with van der Waals surface area (Å²) in [4.78, 5) is 4.87. The molecule has 15 heavy (non-hydrogen) atoms. The highest BCUT2D eigenvalue weighted by Crippen LogP contribution is 2.36. The van der Waals surface area contributed by atoms with Gasteiger partial charge in [-0.3, -0.25) is 4.99 Å². The van der Waals surface area contributed by atoms with Crippen LogP contribution in [0.25, 0.3) is 0 Å². The molecule has 1 N–H and O–H groups in total. The van der Waals surface area contributed by atoms with Crippen molar-refractivity contribution in [3.05, 3.63) is 0 Å². The van der Waals surface area contributed by atoms with Gasteiger partial charge in [0.2, 0.25) is 0 Å². The third-order valence-corrected chi connectivity index (χ3v) is 4.99. The smallest absolute Gasteiger partial charge is 0.157 e. The van der Waals surface area contributed by atoms with Gasteiger partial charge in [0.05, 0.1) is 6.04 Å². The van der Waals surface area contributed by atoms with Crippen LogP contribution in [0, 0.1) is 11.8 Å². The Labute approximate surface area is 97.3 Å². The van der Waals surface area contributed by atoms with Gasteiger partial charge in [-0.2, -0.15) is 0 Å². The van der Waals surface area contributed by atoms with E-state index in [4.69, 9.17) is 4.99 Å². The molecule has 0 aromatic carbocycles. The minimum atomic E-state index is 0.579. The van der Waals surface area contributed by atoms with Crippen LogP contribution in [-0.2, 0) is 0 Å². The number of amidine groups is 1. The van der Waals surface area contributed by atoms with Gasteiger partial charge in [0.25, 0.3) is 0 Å². The molecule has 2 nitrogen and oxygen atoms in total. The summed E-state index contributed by atoms with van der Waals surface area (Å²) >= 11 is 1.89. The van der Waals surface area contributed by atoms with E-state index in [-0.39, 0.29) is 0 Å². The van der Waals surface area contributed by atoms with E-state index in [2.05, 4.69) is 26.1 Å². The first-order valence-corrected chi connectivity index (χ1v) is 7.16. The summed E-state index contributed by atoms with van der Waals surface area (Å²) < 4.78 is 0. The monoisotopic (exact) mass is 226 g/mol. The summed E-state index contributed by atoms with van der Waals surface area (Å²) in [7, 11) is 0. The quantitative estimate of drug-likeness (QED) is 0.783. The van der Waals surface area contributed by atoms with E-state index in [1.165, 1.54) is 30.2 Å². The van der Waals surface area contributed by atoms with Crippen molar-refractivity contribution in [2.24, 2.45) is 16.8 Å². The number of rotatable bonds is 2. The summed E-state index contributed by atoms with van der Waals surface area (Å²) in [5, 5.41) is 4.64. The van der Waals surface area contributed by atoms with Gasteiger partial charge >= 0.3 is 0 Å². The van der Waals surface area contributed by atoms with E-state index in [0.29, 0.717) is 12.1 Å². The zero-order valence-corrected chi connectivity index (χ0v) is 10.8. The highest BCUT2D eigenvalue weighted by atomic mass is 32.2. The second-order valence-electron chi connectivity index (χ2n) is 4.96. The average Bonchev–Trinajstić information content (AvgIpc) is 2.76. The minimum absolute atomic E-state index is 0.579. The fourth-order valence-electron chi connectivity index (χ4n) is 2.71. The average molecular weight is 226 g/mol. The zero-order chi connectivity index (χ0) is 10.8. The Morgan fingerprint density at radius 3 is 2.73 bits per heavy atom. The Balaban J connectivity index is 1.95. The highest BCUT2D eigenvalue weighted by molar-refractivity contribution is 8.14. The molecule has 2 fully saturated rings. The van der Waals surface area contributed by atoms with Gasteiger partial charge in [-0.05, 0) is 31.6 Å². The Hall–Kier alpha value is -0.180. The van der Waals surface area contributed by atoms with Crippen LogP contribution in [0.2, 0.25) is 0 Å². The lowest BCUT2D eigenvalue weighted by atomic mass is 9.94. The van der Waals surface area contributed by atoms with Crippen LogP contribution in [0.1, 0.15) is 40.0 Å². The molecule has 1 saturated carbocycles. The van der Waals surface area contributed by atoms with Crippen molar-refractivity contribution in [3.63, 3.8) is 0 Å². The molecule has 0 spiro atoms. The molecule has 4 unspecified atom stereocenters. The Bertz CT molecular complexity index is 252. The van der Waals surface area contributed by atoms with Crippen LogP contribution in [-0.4, -0.2) is 23.0 Å². The maximum Gasteiger partial charge on any atom is 0.157 e. The lowest BCUT2D eigenvalue weighted by molar-refractivity contribution is 0.383. The van der Waals surface area contributed by atoms with E-state index < -0.39 is 0 Å². The molecular formula is C12H22N2S. The van der Waals surface area contributed by atoms with E-state index >= 15 is 0 Å². The number of aliphatic imine (C=N–C) groups is 1. The second-order valence-corrected chi connectivity index (χ2v) is 5.97. The predicted molar refractivity (Wildman–Crippen MR) is 68.5 cm³/mol. The first-order chi connectivity index (χ1) is 7.20. The summed E-state index contributed by atoms with van der Waals surface area (Å²) in [6.45, 7) is 6.91. The third-order valence-electron chi connectivity index (χ3n) is 3.83. The summed E-state index contributed by atoms with van der Waals surface area (Å²) in [5.41, 5.74) is 0. The van der Waals surface area contributed by atoms with Gasteiger partial charge in [0, 0.05) is 11.8 Å². The van der Waals surface area contributed by atoms with E-state index in [1.807, 2.05) is 11.8 Å². The standard InChI is InChI=1S/C12H22N2S/c1-4-10-5-6-11(9(10)3)14-12-13-8(2)7-15-12/h8-11H,4-7H2,1-3H3,(H,13,14). The van der Waals surface area contributed by atoms with Gasteiger partial charge in [-0.15, -0.1) is 0 Å². The molecule has 1 saturated heterocycles. The van der Waals surface area contributed by atoms with E-state index in [9.17, 15) is 0 Å². The van der Waals surface area contributed by atoms with E-state index in [0.717, 1.165) is 11.8 Å².